The second-order valence-electron chi connectivity index (χ2n) is 8.51. The zero-order chi connectivity index (χ0) is 21.3. The van der Waals surface area contributed by atoms with Crippen molar-refractivity contribution >= 4 is 34.2 Å². The van der Waals surface area contributed by atoms with Gasteiger partial charge in [-0.1, -0.05) is 50.2 Å². The molecule has 0 radical (unpaired) electrons. The Morgan fingerprint density at radius 3 is 2.47 bits per heavy atom. The van der Waals surface area contributed by atoms with Crippen LogP contribution in [0.1, 0.15) is 65.3 Å². The number of anilines is 1. The summed E-state index contributed by atoms with van der Waals surface area (Å²) in [7, 11) is 0. The molecular formula is C22H26N4O3S. The SMILES string of the molecule is CC(C)Cc1nnc(NC(=O)C2CCCCC2CN2C(=O)c3ccccc3C2=O)s1. The molecule has 158 valence electrons. The van der Waals surface area contributed by atoms with Crippen LogP contribution in [0.5, 0.6) is 0 Å². The molecule has 2 aliphatic rings. The topological polar surface area (TPSA) is 92.3 Å². The molecule has 0 saturated heterocycles. The first-order valence-electron chi connectivity index (χ1n) is 10.5. The average molecular weight is 427 g/mol. The Morgan fingerprint density at radius 1 is 1.13 bits per heavy atom. The molecule has 1 aliphatic carbocycles. The van der Waals surface area contributed by atoms with E-state index in [0.29, 0.717) is 22.2 Å². The Morgan fingerprint density at radius 2 is 1.80 bits per heavy atom. The van der Waals surface area contributed by atoms with Crippen LogP contribution in [0.4, 0.5) is 5.13 Å². The predicted molar refractivity (Wildman–Crippen MR) is 114 cm³/mol. The maximum atomic E-state index is 13.0. The summed E-state index contributed by atoms with van der Waals surface area (Å²) in [6.07, 6.45) is 4.36. The Labute approximate surface area is 179 Å². The fourth-order valence-electron chi connectivity index (χ4n) is 4.34. The van der Waals surface area contributed by atoms with Gasteiger partial charge in [0.15, 0.2) is 0 Å². The van der Waals surface area contributed by atoms with Crippen molar-refractivity contribution in [3.8, 4) is 0 Å². The van der Waals surface area contributed by atoms with Gasteiger partial charge in [-0.25, -0.2) is 0 Å². The lowest BCUT2D eigenvalue weighted by molar-refractivity contribution is -0.122. The summed E-state index contributed by atoms with van der Waals surface area (Å²) in [6, 6.07) is 6.90. The van der Waals surface area contributed by atoms with Crippen molar-refractivity contribution in [1.82, 2.24) is 15.1 Å². The zero-order valence-corrected chi connectivity index (χ0v) is 18.1. The molecule has 4 rings (SSSR count). The highest BCUT2D eigenvalue weighted by molar-refractivity contribution is 7.15. The lowest BCUT2D eigenvalue weighted by atomic mass is 9.78. The largest absolute Gasteiger partial charge is 0.300 e. The maximum Gasteiger partial charge on any atom is 0.261 e. The Hall–Kier alpha value is -2.61. The number of aromatic nitrogens is 2. The summed E-state index contributed by atoms with van der Waals surface area (Å²) < 4.78 is 0. The molecule has 3 amide bonds. The van der Waals surface area contributed by atoms with Gasteiger partial charge in [-0.05, 0) is 36.8 Å². The fourth-order valence-corrected chi connectivity index (χ4v) is 5.30. The van der Waals surface area contributed by atoms with Crippen molar-refractivity contribution in [1.29, 1.82) is 0 Å². The van der Waals surface area contributed by atoms with Crippen LogP contribution < -0.4 is 5.32 Å². The van der Waals surface area contributed by atoms with Gasteiger partial charge >= 0.3 is 0 Å². The van der Waals surface area contributed by atoms with Crippen LogP contribution in [0, 0.1) is 17.8 Å². The number of carbonyl (C=O) groups excluding carboxylic acids is 3. The Bertz CT molecular complexity index is 936. The number of imide groups is 1. The highest BCUT2D eigenvalue weighted by atomic mass is 32.1. The van der Waals surface area contributed by atoms with Crippen LogP contribution in [0.25, 0.3) is 0 Å². The van der Waals surface area contributed by atoms with Crippen LogP contribution >= 0.6 is 11.3 Å². The summed E-state index contributed by atoms with van der Waals surface area (Å²) in [6.45, 7) is 4.51. The number of rotatable bonds is 6. The molecule has 1 fully saturated rings. The van der Waals surface area contributed by atoms with Crippen LogP contribution in [0.15, 0.2) is 24.3 Å². The normalized spacial score (nSPS) is 21.2. The summed E-state index contributed by atoms with van der Waals surface area (Å²) in [4.78, 5) is 39.8. The first-order valence-corrected chi connectivity index (χ1v) is 11.3. The molecule has 1 aromatic carbocycles. The van der Waals surface area contributed by atoms with Gasteiger partial charge in [0.1, 0.15) is 5.01 Å². The number of hydrogen-bond acceptors (Lipinski definition) is 6. The molecule has 1 N–H and O–H groups in total. The minimum atomic E-state index is -0.261. The first kappa shape index (κ1) is 20.7. The van der Waals surface area contributed by atoms with Crippen LogP contribution in [-0.2, 0) is 11.2 Å². The highest BCUT2D eigenvalue weighted by Crippen LogP contribution is 2.34. The van der Waals surface area contributed by atoms with Crippen LogP contribution in [0.2, 0.25) is 0 Å². The van der Waals surface area contributed by atoms with E-state index in [-0.39, 0.29) is 36.1 Å². The van der Waals surface area contributed by atoms with Crippen molar-refractivity contribution in [2.75, 3.05) is 11.9 Å². The Kier molecular flexibility index (Phi) is 5.94. The van der Waals surface area contributed by atoms with E-state index in [9.17, 15) is 14.4 Å². The molecule has 1 saturated carbocycles. The molecule has 0 bridgehead atoms. The lowest BCUT2D eigenvalue weighted by Gasteiger charge is -2.32. The molecular weight excluding hydrogens is 400 g/mol. The van der Waals surface area contributed by atoms with Crippen LogP contribution in [-0.4, -0.2) is 39.4 Å². The van der Waals surface area contributed by atoms with Crippen molar-refractivity contribution < 1.29 is 14.4 Å². The van der Waals surface area contributed by atoms with Gasteiger partial charge in [0, 0.05) is 18.9 Å². The molecule has 1 aliphatic heterocycles. The van der Waals surface area contributed by atoms with E-state index in [4.69, 9.17) is 0 Å². The van der Waals surface area contributed by atoms with Gasteiger partial charge in [0.2, 0.25) is 11.0 Å². The minimum Gasteiger partial charge on any atom is -0.300 e. The second kappa shape index (κ2) is 8.63. The van der Waals surface area contributed by atoms with Crippen LogP contribution in [0.3, 0.4) is 0 Å². The van der Waals surface area contributed by atoms with Gasteiger partial charge in [-0.3, -0.25) is 19.3 Å². The monoisotopic (exact) mass is 426 g/mol. The number of hydrogen-bond donors (Lipinski definition) is 1. The van der Waals surface area contributed by atoms with Gasteiger partial charge < -0.3 is 5.32 Å². The van der Waals surface area contributed by atoms with E-state index in [1.165, 1.54) is 16.2 Å². The van der Waals surface area contributed by atoms with Gasteiger partial charge in [0.25, 0.3) is 11.8 Å². The summed E-state index contributed by atoms with van der Waals surface area (Å²) in [5.74, 6) is -0.442. The molecule has 30 heavy (non-hydrogen) atoms. The number of benzene rings is 1. The molecule has 1 aromatic heterocycles. The van der Waals surface area contributed by atoms with E-state index in [2.05, 4.69) is 29.4 Å². The van der Waals surface area contributed by atoms with E-state index in [0.717, 1.165) is 37.1 Å². The lowest BCUT2D eigenvalue weighted by Crippen LogP contribution is -2.41. The van der Waals surface area contributed by atoms with Crippen molar-refractivity contribution in [3.05, 3.63) is 40.4 Å². The number of carbonyl (C=O) groups is 3. The molecule has 8 heteroatoms. The molecule has 2 atom stereocenters. The maximum absolute atomic E-state index is 13.0. The smallest absolute Gasteiger partial charge is 0.261 e. The quantitative estimate of drug-likeness (QED) is 0.710. The number of nitrogens with zero attached hydrogens (tertiary/aromatic N) is 3. The Balaban J connectivity index is 1.44. The molecule has 0 spiro atoms. The first-order chi connectivity index (χ1) is 14.4. The van der Waals surface area contributed by atoms with Gasteiger partial charge in [-0.15, -0.1) is 10.2 Å². The fraction of sp³-hybridized carbons (Fsp3) is 0.500. The summed E-state index contributed by atoms with van der Waals surface area (Å²) >= 11 is 1.41. The number of fused-ring (bicyclic) bond motifs is 1. The molecule has 2 unspecified atom stereocenters. The van der Waals surface area contributed by atoms with Crippen molar-refractivity contribution in [2.24, 2.45) is 17.8 Å². The summed E-state index contributed by atoms with van der Waals surface area (Å²) in [5, 5.41) is 12.6. The molecule has 2 heterocycles. The van der Waals surface area contributed by atoms with E-state index in [1.807, 2.05) is 0 Å². The van der Waals surface area contributed by atoms with Crippen molar-refractivity contribution in [3.63, 3.8) is 0 Å². The third-order valence-corrected chi connectivity index (χ3v) is 6.68. The highest BCUT2D eigenvalue weighted by Gasteiger charge is 2.40. The third kappa shape index (κ3) is 4.14. The van der Waals surface area contributed by atoms with E-state index < -0.39 is 0 Å². The summed E-state index contributed by atoms with van der Waals surface area (Å²) in [5.41, 5.74) is 0.900. The van der Waals surface area contributed by atoms with Gasteiger partial charge in [0.05, 0.1) is 11.1 Å². The average Bonchev–Trinajstić information content (AvgIpc) is 3.26. The van der Waals surface area contributed by atoms with Gasteiger partial charge in [-0.2, -0.15) is 0 Å². The third-order valence-electron chi connectivity index (χ3n) is 5.82. The molecule has 7 nitrogen and oxygen atoms in total. The standard InChI is InChI=1S/C22H26N4O3S/c1-13(2)11-18-24-25-22(30-18)23-19(27)15-8-4-3-7-14(15)12-26-20(28)16-9-5-6-10-17(16)21(26)29/h5-6,9-10,13-15H,3-4,7-8,11-12H2,1-2H3,(H,23,25,27). The minimum absolute atomic E-state index is 0.0518. The second-order valence-corrected chi connectivity index (χ2v) is 9.57. The predicted octanol–water partition coefficient (Wildman–Crippen LogP) is 3.78. The van der Waals surface area contributed by atoms with Crippen molar-refractivity contribution in [2.45, 2.75) is 46.0 Å². The number of amides is 3. The van der Waals surface area contributed by atoms with E-state index >= 15 is 0 Å². The molecule has 2 aromatic rings. The zero-order valence-electron chi connectivity index (χ0n) is 17.3. The number of nitrogens with one attached hydrogen (secondary N) is 1. The van der Waals surface area contributed by atoms with E-state index in [1.54, 1.807) is 24.3 Å².